The van der Waals surface area contributed by atoms with E-state index in [1.54, 1.807) is 12.3 Å². The highest BCUT2D eigenvalue weighted by atomic mass is 16.5. The van der Waals surface area contributed by atoms with E-state index < -0.39 is 0 Å². The summed E-state index contributed by atoms with van der Waals surface area (Å²) in [6.07, 6.45) is 10.5. The van der Waals surface area contributed by atoms with E-state index in [0.717, 1.165) is 37.2 Å². The number of nitrogens with one attached hydrogen (secondary N) is 1. The number of nitrogens with zero attached hydrogens (tertiary/aromatic N) is 1. The molecule has 0 saturated heterocycles. The van der Waals surface area contributed by atoms with Gasteiger partial charge in [-0.15, -0.1) is 0 Å². The summed E-state index contributed by atoms with van der Waals surface area (Å²) in [6, 6.07) is 0. The number of carbonyl (C=O) groups is 1. The molecule has 102 valence electrons. The van der Waals surface area contributed by atoms with Gasteiger partial charge in [0.1, 0.15) is 6.26 Å². The van der Waals surface area contributed by atoms with Crippen molar-refractivity contribution in [2.24, 2.45) is 0 Å². The van der Waals surface area contributed by atoms with Crippen LogP contribution in [0.25, 0.3) is 0 Å². The Balaban J connectivity index is 1.94. The second-order valence-electron chi connectivity index (χ2n) is 4.95. The Morgan fingerprint density at radius 3 is 3.05 bits per heavy atom. The Bertz CT molecular complexity index is 471. The molecule has 1 N–H and O–H groups in total. The van der Waals surface area contributed by atoms with Crippen LogP contribution >= 0.6 is 0 Å². The lowest BCUT2D eigenvalue weighted by molar-refractivity contribution is -0.111. The molecule has 2 aliphatic rings. The molecule has 1 heterocycles. The van der Waals surface area contributed by atoms with Gasteiger partial charge in [-0.05, 0) is 38.7 Å². The van der Waals surface area contributed by atoms with E-state index in [1.165, 1.54) is 6.26 Å². The summed E-state index contributed by atoms with van der Waals surface area (Å²) in [5.74, 6) is 0.00297. The van der Waals surface area contributed by atoms with E-state index in [-0.39, 0.29) is 5.78 Å². The summed E-state index contributed by atoms with van der Waals surface area (Å²) in [5.41, 5.74) is 2.55. The van der Waals surface area contributed by atoms with E-state index in [0.29, 0.717) is 5.57 Å². The Labute approximate surface area is 114 Å². The van der Waals surface area contributed by atoms with Gasteiger partial charge in [-0.1, -0.05) is 6.08 Å². The first-order valence-corrected chi connectivity index (χ1v) is 6.53. The van der Waals surface area contributed by atoms with E-state index in [1.807, 2.05) is 6.08 Å². The summed E-state index contributed by atoms with van der Waals surface area (Å²) in [6.45, 7) is 1.92. The fraction of sp³-hybridized carbons (Fsp3) is 0.400. The maximum atomic E-state index is 12.1. The lowest BCUT2D eigenvalue weighted by atomic mass is 10.0. The van der Waals surface area contributed by atoms with Crippen molar-refractivity contribution in [1.29, 1.82) is 0 Å². The van der Waals surface area contributed by atoms with Crippen LogP contribution in [0.3, 0.4) is 0 Å². The van der Waals surface area contributed by atoms with Crippen LogP contribution in [0.2, 0.25) is 0 Å². The zero-order chi connectivity index (χ0) is 13.7. The zero-order valence-electron chi connectivity index (χ0n) is 11.5. The number of hydrogen-bond donors (Lipinski definition) is 1. The molecule has 0 aromatic carbocycles. The third-order valence-corrected chi connectivity index (χ3v) is 3.07. The summed E-state index contributed by atoms with van der Waals surface area (Å²) < 4.78 is 5.07. The zero-order valence-corrected chi connectivity index (χ0v) is 11.5. The highest BCUT2D eigenvalue weighted by Gasteiger charge is 2.17. The van der Waals surface area contributed by atoms with Gasteiger partial charge < -0.3 is 15.0 Å². The van der Waals surface area contributed by atoms with E-state index in [4.69, 9.17) is 4.74 Å². The van der Waals surface area contributed by atoms with Crippen LogP contribution in [-0.2, 0) is 9.53 Å². The Morgan fingerprint density at radius 2 is 2.26 bits per heavy atom. The topological polar surface area (TPSA) is 41.6 Å². The van der Waals surface area contributed by atoms with Crippen molar-refractivity contribution < 1.29 is 9.53 Å². The molecule has 0 saturated carbocycles. The molecular formula is C15H20N2O2. The molecule has 0 unspecified atom stereocenters. The average Bonchev–Trinajstić information content (AvgIpc) is 2.55. The van der Waals surface area contributed by atoms with Crippen LogP contribution < -0.4 is 5.32 Å². The van der Waals surface area contributed by atoms with E-state index in [2.05, 4.69) is 30.4 Å². The van der Waals surface area contributed by atoms with Crippen molar-refractivity contribution in [1.82, 2.24) is 10.2 Å². The van der Waals surface area contributed by atoms with Gasteiger partial charge in [-0.2, -0.15) is 0 Å². The number of hydrogen-bond acceptors (Lipinski definition) is 4. The monoisotopic (exact) mass is 260 g/mol. The summed E-state index contributed by atoms with van der Waals surface area (Å²) in [4.78, 5) is 14.2. The molecule has 4 nitrogen and oxygen atoms in total. The lowest BCUT2D eigenvalue weighted by Gasteiger charge is -2.11. The van der Waals surface area contributed by atoms with Crippen molar-refractivity contribution in [3.63, 3.8) is 0 Å². The predicted octanol–water partition coefficient (Wildman–Crippen LogP) is 1.74. The van der Waals surface area contributed by atoms with Crippen molar-refractivity contribution >= 4 is 5.78 Å². The van der Waals surface area contributed by atoms with Crippen LogP contribution in [0.1, 0.15) is 12.8 Å². The van der Waals surface area contributed by atoms with Gasteiger partial charge in [0.05, 0.1) is 11.8 Å². The molecule has 4 heteroatoms. The lowest BCUT2D eigenvalue weighted by Crippen LogP contribution is -2.21. The second kappa shape index (κ2) is 6.38. The van der Waals surface area contributed by atoms with E-state index in [9.17, 15) is 4.79 Å². The Hall–Kier alpha value is -1.81. The molecular weight excluding hydrogens is 240 g/mol. The number of carbonyl (C=O) groups excluding carboxylic acids is 1. The largest absolute Gasteiger partial charge is 0.472 e. The van der Waals surface area contributed by atoms with E-state index >= 15 is 0 Å². The van der Waals surface area contributed by atoms with Crippen molar-refractivity contribution in [2.45, 2.75) is 12.8 Å². The summed E-state index contributed by atoms with van der Waals surface area (Å²) in [5, 5.41) is 3.33. The molecule has 0 spiro atoms. The molecule has 0 radical (unpaired) electrons. The van der Waals surface area contributed by atoms with Crippen LogP contribution in [0.4, 0.5) is 0 Å². The standard InChI is InChI=1S/C15H20N2O2/c1-17(2)8-3-7-16-13-5-4-12-6-9-19-11-14(12)15(18)10-13/h4,6,9-11,16H,3,5,7-8H2,1-2H3. The highest BCUT2D eigenvalue weighted by Crippen LogP contribution is 2.23. The number of fused-ring (bicyclic) bond motifs is 1. The minimum absolute atomic E-state index is 0.00297. The Kier molecular flexibility index (Phi) is 4.58. The van der Waals surface area contributed by atoms with Gasteiger partial charge in [0.2, 0.25) is 0 Å². The van der Waals surface area contributed by atoms with Crippen molar-refractivity contribution in [2.75, 3.05) is 27.2 Å². The molecule has 0 aromatic rings. The minimum Gasteiger partial charge on any atom is -0.472 e. The molecule has 19 heavy (non-hydrogen) atoms. The van der Waals surface area contributed by atoms with Crippen LogP contribution in [0, 0.1) is 0 Å². The number of ketones is 1. The average molecular weight is 260 g/mol. The Morgan fingerprint density at radius 1 is 1.42 bits per heavy atom. The minimum atomic E-state index is 0.00297. The number of allylic oxidation sites excluding steroid dienone is 5. The maximum absolute atomic E-state index is 12.1. The second-order valence-corrected chi connectivity index (χ2v) is 4.95. The molecule has 0 atom stereocenters. The molecule has 0 aromatic heterocycles. The number of ether oxygens (including phenoxy) is 1. The fourth-order valence-corrected chi connectivity index (χ4v) is 2.04. The number of rotatable bonds is 5. The third kappa shape index (κ3) is 3.83. The highest BCUT2D eigenvalue weighted by molar-refractivity contribution is 6.08. The van der Waals surface area contributed by atoms with Crippen molar-refractivity contribution in [3.8, 4) is 0 Å². The van der Waals surface area contributed by atoms with Gasteiger partial charge in [-0.3, -0.25) is 4.79 Å². The van der Waals surface area contributed by atoms with Crippen molar-refractivity contribution in [3.05, 3.63) is 47.6 Å². The summed E-state index contributed by atoms with van der Waals surface area (Å²) in [7, 11) is 4.12. The molecule has 0 amide bonds. The van der Waals surface area contributed by atoms with Crippen LogP contribution in [-0.4, -0.2) is 37.9 Å². The van der Waals surface area contributed by atoms with Crippen LogP contribution in [0.5, 0.6) is 0 Å². The first-order valence-electron chi connectivity index (χ1n) is 6.53. The molecule has 1 aliphatic carbocycles. The first-order chi connectivity index (χ1) is 9.16. The third-order valence-electron chi connectivity index (χ3n) is 3.07. The molecule has 0 fully saturated rings. The van der Waals surface area contributed by atoms with Gasteiger partial charge in [0.25, 0.3) is 0 Å². The predicted molar refractivity (Wildman–Crippen MR) is 75.3 cm³/mol. The summed E-state index contributed by atoms with van der Waals surface area (Å²) >= 11 is 0. The maximum Gasteiger partial charge on any atom is 0.191 e. The smallest absolute Gasteiger partial charge is 0.191 e. The SMILES string of the molecule is CN(C)CCCNC1=CC(=O)C2=COC=CC2=CC1. The van der Waals surface area contributed by atoms with Crippen LogP contribution in [0.15, 0.2) is 47.6 Å². The van der Waals surface area contributed by atoms with Gasteiger partial charge >= 0.3 is 0 Å². The quantitative estimate of drug-likeness (QED) is 0.765. The molecule has 1 aliphatic heterocycles. The fourth-order valence-electron chi connectivity index (χ4n) is 2.04. The van der Waals surface area contributed by atoms with Gasteiger partial charge in [-0.25, -0.2) is 0 Å². The molecule has 2 rings (SSSR count). The van der Waals surface area contributed by atoms with Gasteiger partial charge in [0.15, 0.2) is 5.78 Å². The first kappa shape index (κ1) is 13.6. The van der Waals surface area contributed by atoms with Gasteiger partial charge in [0, 0.05) is 24.7 Å². The normalized spacial score (nSPS) is 18.1. The molecule has 0 bridgehead atoms.